The van der Waals surface area contributed by atoms with Gasteiger partial charge in [-0.25, -0.2) is 8.78 Å². The number of benzene rings is 2. The molecule has 1 saturated heterocycles. The smallest absolute Gasteiger partial charge is 0.185 e. The molecular weight excluding hydrogens is 442 g/mol. The zero-order valence-corrected chi connectivity index (χ0v) is 18.6. The lowest BCUT2D eigenvalue weighted by Crippen LogP contribution is -2.39. The van der Waals surface area contributed by atoms with Crippen LogP contribution >= 0.6 is 22.9 Å². The van der Waals surface area contributed by atoms with Gasteiger partial charge in [0.15, 0.2) is 4.80 Å². The van der Waals surface area contributed by atoms with Gasteiger partial charge in [0.1, 0.15) is 17.3 Å². The van der Waals surface area contributed by atoms with Gasteiger partial charge in [-0.1, -0.05) is 28.1 Å². The van der Waals surface area contributed by atoms with E-state index in [-0.39, 0.29) is 11.3 Å². The van der Waals surface area contributed by atoms with Gasteiger partial charge in [0.25, 0.3) is 0 Å². The summed E-state index contributed by atoms with van der Waals surface area (Å²) in [7, 11) is 1.80. The van der Waals surface area contributed by atoms with Crippen molar-refractivity contribution in [3.05, 3.63) is 63.4 Å². The molecule has 5 nitrogen and oxygen atoms in total. The molecule has 0 bridgehead atoms. The van der Waals surface area contributed by atoms with E-state index in [1.54, 1.807) is 18.4 Å². The number of hydrogen-bond acceptors (Lipinski definition) is 5. The molecule has 3 aromatic rings. The van der Waals surface area contributed by atoms with Gasteiger partial charge >= 0.3 is 0 Å². The van der Waals surface area contributed by atoms with Crippen LogP contribution in [0.5, 0.6) is 0 Å². The summed E-state index contributed by atoms with van der Waals surface area (Å²) in [5, 5.41) is 13.4. The van der Waals surface area contributed by atoms with Crippen LogP contribution in [0, 0.1) is 17.6 Å². The molecule has 1 aliphatic rings. The molecule has 0 amide bonds. The minimum absolute atomic E-state index is 0.124. The molecule has 0 saturated carbocycles. The van der Waals surface area contributed by atoms with Crippen molar-refractivity contribution >= 4 is 38.9 Å². The van der Waals surface area contributed by atoms with Gasteiger partial charge in [-0.2, -0.15) is 0 Å². The molecule has 0 aliphatic carbocycles. The van der Waals surface area contributed by atoms with Crippen molar-refractivity contribution in [2.45, 2.75) is 19.4 Å². The summed E-state index contributed by atoms with van der Waals surface area (Å²) in [5.41, 5.74) is 1.47. The Labute approximate surface area is 187 Å². The van der Waals surface area contributed by atoms with Crippen LogP contribution in [0.25, 0.3) is 10.2 Å². The Morgan fingerprint density at radius 2 is 1.97 bits per heavy atom. The van der Waals surface area contributed by atoms with Crippen molar-refractivity contribution in [3.8, 4) is 0 Å². The molecule has 0 radical (unpaired) electrons. The highest BCUT2D eigenvalue weighted by Gasteiger charge is 2.23. The number of rotatable bonds is 5. The van der Waals surface area contributed by atoms with Crippen LogP contribution in [0.15, 0.2) is 46.5 Å². The first-order valence-corrected chi connectivity index (χ1v) is 11.3. The number of oxime groups is 1. The molecule has 4 rings (SSSR count). The Bertz CT molecular complexity index is 1180. The Morgan fingerprint density at radius 1 is 1.19 bits per heavy atom. The summed E-state index contributed by atoms with van der Waals surface area (Å²) in [6.07, 6.45) is 1.93. The maximum absolute atomic E-state index is 14.1. The second-order valence-corrected chi connectivity index (χ2v) is 9.17. The van der Waals surface area contributed by atoms with E-state index in [9.17, 15) is 14.0 Å². The zero-order valence-electron chi connectivity index (χ0n) is 17.1. The van der Waals surface area contributed by atoms with Gasteiger partial charge in [-0.15, -0.1) is 0 Å². The largest absolute Gasteiger partial charge is 0.411 e. The van der Waals surface area contributed by atoms with E-state index in [0.717, 1.165) is 58.6 Å². The zero-order chi connectivity index (χ0) is 22.0. The molecule has 0 unspecified atom stereocenters. The summed E-state index contributed by atoms with van der Waals surface area (Å²) >= 11 is 7.77. The minimum Gasteiger partial charge on any atom is -0.411 e. The summed E-state index contributed by atoms with van der Waals surface area (Å²) in [5.74, 6) is -0.898. The van der Waals surface area contributed by atoms with E-state index in [1.165, 1.54) is 12.1 Å². The normalized spacial score (nSPS) is 17.0. The van der Waals surface area contributed by atoms with Gasteiger partial charge in [0.2, 0.25) is 0 Å². The van der Waals surface area contributed by atoms with Gasteiger partial charge in [0, 0.05) is 36.8 Å². The summed E-state index contributed by atoms with van der Waals surface area (Å²) in [4.78, 5) is 7.55. The van der Waals surface area contributed by atoms with Crippen LogP contribution in [0.2, 0.25) is 5.02 Å². The van der Waals surface area contributed by atoms with E-state index in [4.69, 9.17) is 11.6 Å². The fourth-order valence-corrected chi connectivity index (χ4v) is 5.36. The van der Waals surface area contributed by atoms with Crippen molar-refractivity contribution in [3.63, 3.8) is 0 Å². The third-order valence-corrected chi connectivity index (χ3v) is 7.09. The first kappa shape index (κ1) is 21.9. The first-order chi connectivity index (χ1) is 15.0. The quantitative estimate of drug-likeness (QED) is 0.336. The summed E-state index contributed by atoms with van der Waals surface area (Å²) < 4.78 is 30.6. The number of thiazole rings is 1. The molecule has 1 N–H and O–H groups in total. The fourth-order valence-electron chi connectivity index (χ4n) is 4.08. The van der Waals surface area contributed by atoms with Gasteiger partial charge in [-0.3, -0.25) is 9.89 Å². The molecule has 0 spiro atoms. The molecule has 1 aromatic heterocycles. The van der Waals surface area contributed by atoms with Crippen molar-refractivity contribution in [1.29, 1.82) is 0 Å². The standard InChI is InChI=1S/C22H23ClF2N4OS/c1-26-22-29(20-5-2-15(23)10-21(20)31-22)12-14-6-8-28(9-7-14)13-19(27-30)17-4-3-16(24)11-18(17)25/h2-5,10-11,14,30H,6-9,12-13H2,1H3. The average molecular weight is 465 g/mol. The molecule has 31 heavy (non-hydrogen) atoms. The lowest BCUT2D eigenvalue weighted by Gasteiger charge is -2.32. The molecule has 2 aromatic carbocycles. The van der Waals surface area contributed by atoms with Crippen LogP contribution in [0.4, 0.5) is 8.78 Å². The maximum Gasteiger partial charge on any atom is 0.185 e. The fraction of sp³-hybridized carbons (Fsp3) is 0.364. The highest BCUT2D eigenvalue weighted by molar-refractivity contribution is 7.16. The van der Waals surface area contributed by atoms with Crippen LogP contribution in [-0.2, 0) is 6.54 Å². The molecule has 2 heterocycles. The van der Waals surface area contributed by atoms with Gasteiger partial charge in [-0.05, 0) is 62.2 Å². The molecule has 0 atom stereocenters. The number of hydrogen-bond donors (Lipinski definition) is 1. The molecule has 164 valence electrons. The van der Waals surface area contributed by atoms with Crippen LogP contribution in [0.1, 0.15) is 18.4 Å². The maximum atomic E-state index is 14.1. The van der Waals surface area contributed by atoms with Crippen molar-refractivity contribution < 1.29 is 14.0 Å². The number of likely N-dealkylation sites (tertiary alicyclic amines) is 1. The number of halogens is 3. The first-order valence-electron chi connectivity index (χ1n) is 10.1. The summed E-state index contributed by atoms with van der Waals surface area (Å²) in [6.45, 7) is 2.79. The number of aromatic nitrogens is 1. The van der Waals surface area contributed by atoms with E-state index >= 15 is 0 Å². The Balaban J connectivity index is 1.42. The summed E-state index contributed by atoms with van der Waals surface area (Å²) in [6, 6.07) is 9.20. The van der Waals surface area contributed by atoms with Crippen molar-refractivity contribution in [2.24, 2.45) is 16.1 Å². The number of piperidine rings is 1. The highest BCUT2D eigenvalue weighted by Crippen LogP contribution is 2.25. The molecule has 1 fully saturated rings. The van der Waals surface area contributed by atoms with Crippen LogP contribution < -0.4 is 4.80 Å². The Morgan fingerprint density at radius 3 is 2.65 bits per heavy atom. The predicted molar refractivity (Wildman–Crippen MR) is 120 cm³/mol. The number of nitrogens with zero attached hydrogens (tertiary/aromatic N) is 4. The second-order valence-electron chi connectivity index (χ2n) is 7.72. The molecule has 1 aliphatic heterocycles. The Hall–Kier alpha value is -2.29. The number of fused-ring (bicyclic) bond motifs is 1. The predicted octanol–water partition coefficient (Wildman–Crippen LogP) is 4.76. The van der Waals surface area contributed by atoms with Crippen LogP contribution in [0.3, 0.4) is 0 Å². The average Bonchev–Trinajstić information content (AvgIpc) is 3.10. The minimum atomic E-state index is -0.723. The topological polar surface area (TPSA) is 53.1 Å². The highest BCUT2D eigenvalue weighted by atomic mass is 35.5. The van der Waals surface area contributed by atoms with E-state index in [0.29, 0.717) is 12.5 Å². The Kier molecular flexibility index (Phi) is 6.69. The lowest BCUT2D eigenvalue weighted by molar-refractivity contribution is 0.191. The van der Waals surface area contributed by atoms with Crippen molar-refractivity contribution in [1.82, 2.24) is 9.47 Å². The van der Waals surface area contributed by atoms with Crippen molar-refractivity contribution in [2.75, 3.05) is 26.7 Å². The molecule has 9 heteroatoms. The lowest BCUT2D eigenvalue weighted by atomic mass is 9.96. The molecular formula is C22H23ClF2N4OS. The third-order valence-electron chi connectivity index (χ3n) is 5.72. The van der Waals surface area contributed by atoms with Gasteiger partial charge in [0.05, 0.1) is 10.2 Å². The van der Waals surface area contributed by atoms with Gasteiger partial charge < -0.3 is 9.77 Å². The van der Waals surface area contributed by atoms with E-state index in [1.807, 2.05) is 18.2 Å². The van der Waals surface area contributed by atoms with E-state index < -0.39 is 11.6 Å². The second kappa shape index (κ2) is 9.46. The van der Waals surface area contributed by atoms with E-state index in [2.05, 4.69) is 19.6 Å². The van der Waals surface area contributed by atoms with Crippen LogP contribution in [-0.4, -0.2) is 47.1 Å². The monoisotopic (exact) mass is 464 g/mol. The third kappa shape index (κ3) is 4.81. The SMILES string of the molecule is CN=c1sc2cc(Cl)ccc2n1CC1CCN(CC(=NO)c2ccc(F)cc2F)CC1.